The molecule has 0 bridgehead atoms. The topological polar surface area (TPSA) is 105 Å². The molecule has 0 aromatic heterocycles. The predicted molar refractivity (Wildman–Crippen MR) is 77.8 cm³/mol. The quantitative estimate of drug-likeness (QED) is 0.711. The van der Waals surface area contributed by atoms with Crippen molar-refractivity contribution in [3.8, 4) is 11.8 Å². The molecule has 0 unspecified atom stereocenters. The number of amides is 1. The zero-order valence-corrected chi connectivity index (χ0v) is 12.5. The Morgan fingerprint density at radius 2 is 2.10 bits per heavy atom. The predicted octanol–water partition coefficient (Wildman–Crippen LogP) is 0.742. The van der Waals surface area contributed by atoms with Gasteiger partial charge in [-0.3, -0.25) is 4.72 Å². The standard InChI is InChI=1S/C13H16N2O5S/c1-3-20-13(17)15-21(18,19)14-12-8-10(2)7-11(9-12)5-4-6-16/h7-9,14,16H,3,6H2,1-2H3,(H,15,17). The van der Waals surface area contributed by atoms with Gasteiger partial charge in [0.15, 0.2) is 0 Å². The van der Waals surface area contributed by atoms with Gasteiger partial charge < -0.3 is 9.84 Å². The number of rotatable bonds is 4. The van der Waals surface area contributed by atoms with E-state index in [1.807, 2.05) is 0 Å². The van der Waals surface area contributed by atoms with E-state index in [9.17, 15) is 13.2 Å². The van der Waals surface area contributed by atoms with E-state index in [1.165, 1.54) is 6.07 Å². The Hall–Kier alpha value is -2.24. The minimum atomic E-state index is -4.08. The first-order valence-corrected chi connectivity index (χ1v) is 7.53. The first-order chi connectivity index (χ1) is 9.86. The van der Waals surface area contributed by atoms with Crippen LogP contribution >= 0.6 is 0 Å². The second-order valence-electron chi connectivity index (χ2n) is 3.98. The van der Waals surface area contributed by atoms with Crippen molar-refractivity contribution < 1.29 is 23.1 Å². The van der Waals surface area contributed by atoms with Gasteiger partial charge in [0.2, 0.25) is 0 Å². The van der Waals surface area contributed by atoms with Gasteiger partial charge in [-0.25, -0.2) is 9.52 Å². The molecule has 0 aliphatic carbocycles. The molecule has 0 fully saturated rings. The van der Waals surface area contributed by atoms with Gasteiger partial charge in [0.25, 0.3) is 0 Å². The highest BCUT2D eigenvalue weighted by molar-refractivity contribution is 7.91. The van der Waals surface area contributed by atoms with Crippen molar-refractivity contribution in [3.63, 3.8) is 0 Å². The van der Waals surface area contributed by atoms with Gasteiger partial charge >= 0.3 is 16.3 Å². The third-order valence-corrected chi connectivity index (χ3v) is 3.07. The third-order valence-electron chi connectivity index (χ3n) is 2.13. The van der Waals surface area contributed by atoms with E-state index in [0.29, 0.717) is 5.56 Å². The fraction of sp³-hybridized carbons (Fsp3) is 0.308. The third kappa shape index (κ3) is 6.16. The second kappa shape index (κ2) is 7.52. The van der Waals surface area contributed by atoms with Gasteiger partial charge in [-0.1, -0.05) is 11.8 Å². The van der Waals surface area contributed by atoms with Crippen LogP contribution in [0.3, 0.4) is 0 Å². The van der Waals surface area contributed by atoms with Crippen LogP contribution in [0.25, 0.3) is 0 Å². The summed E-state index contributed by atoms with van der Waals surface area (Å²) in [5.74, 6) is 5.14. The smallest absolute Gasteiger partial charge is 0.422 e. The van der Waals surface area contributed by atoms with Crippen LogP contribution in [-0.2, 0) is 14.9 Å². The maximum absolute atomic E-state index is 11.7. The lowest BCUT2D eigenvalue weighted by Gasteiger charge is -2.10. The fourth-order valence-electron chi connectivity index (χ4n) is 1.51. The largest absolute Gasteiger partial charge is 0.449 e. The van der Waals surface area contributed by atoms with Crippen molar-refractivity contribution in [2.75, 3.05) is 17.9 Å². The summed E-state index contributed by atoms with van der Waals surface area (Å²) in [5.41, 5.74) is 1.56. The maximum Gasteiger partial charge on any atom is 0.422 e. The molecule has 7 nitrogen and oxygen atoms in total. The van der Waals surface area contributed by atoms with Crippen LogP contribution < -0.4 is 9.44 Å². The summed E-state index contributed by atoms with van der Waals surface area (Å²) in [6, 6.07) is 4.80. The van der Waals surface area contributed by atoms with Crippen molar-refractivity contribution in [2.45, 2.75) is 13.8 Å². The first kappa shape index (κ1) is 16.8. The number of aryl methyl sites for hydroxylation is 1. The van der Waals surface area contributed by atoms with Gasteiger partial charge in [-0.15, -0.1) is 0 Å². The Bertz CT molecular complexity index is 674. The average molecular weight is 312 g/mol. The van der Waals surface area contributed by atoms with Gasteiger partial charge in [-0.2, -0.15) is 8.42 Å². The molecule has 0 saturated carbocycles. The normalized spacial score (nSPS) is 10.2. The molecular weight excluding hydrogens is 296 g/mol. The van der Waals surface area contributed by atoms with Crippen LogP contribution in [0.4, 0.5) is 10.5 Å². The highest BCUT2D eigenvalue weighted by Gasteiger charge is 2.15. The molecule has 114 valence electrons. The molecule has 3 N–H and O–H groups in total. The van der Waals surface area contributed by atoms with E-state index in [2.05, 4.69) is 21.3 Å². The van der Waals surface area contributed by atoms with Crippen molar-refractivity contribution >= 4 is 22.0 Å². The van der Waals surface area contributed by atoms with E-state index >= 15 is 0 Å². The van der Waals surface area contributed by atoms with Crippen molar-refractivity contribution in [3.05, 3.63) is 29.3 Å². The van der Waals surface area contributed by atoms with Crippen LogP contribution in [0.5, 0.6) is 0 Å². The number of benzene rings is 1. The summed E-state index contributed by atoms with van der Waals surface area (Å²) < 4.78 is 31.8. The van der Waals surface area contributed by atoms with Crippen molar-refractivity contribution in [2.24, 2.45) is 0 Å². The highest BCUT2D eigenvalue weighted by atomic mass is 32.2. The molecule has 0 saturated heterocycles. The van der Waals surface area contributed by atoms with Gasteiger partial charge in [0.05, 0.1) is 12.3 Å². The van der Waals surface area contributed by atoms with Crippen LogP contribution in [0, 0.1) is 18.8 Å². The van der Waals surface area contributed by atoms with E-state index in [0.717, 1.165) is 5.56 Å². The van der Waals surface area contributed by atoms with Gasteiger partial charge in [-0.05, 0) is 37.6 Å². The maximum atomic E-state index is 11.7. The summed E-state index contributed by atoms with van der Waals surface area (Å²) >= 11 is 0. The molecule has 0 spiro atoms. The lowest BCUT2D eigenvalue weighted by Crippen LogP contribution is -2.35. The number of nitrogens with one attached hydrogen (secondary N) is 2. The number of hydrogen-bond acceptors (Lipinski definition) is 5. The van der Waals surface area contributed by atoms with Crippen molar-refractivity contribution in [1.29, 1.82) is 0 Å². The number of ether oxygens (including phenoxy) is 1. The number of aliphatic hydroxyl groups excluding tert-OH is 1. The Morgan fingerprint density at radius 3 is 2.71 bits per heavy atom. The van der Waals surface area contributed by atoms with E-state index in [4.69, 9.17) is 5.11 Å². The van der Waals surface area contributed by atoms with E-state index in [-0.39, 0.29) is 18.9 Å². The number of anilines is 1. The van der Waals surface area contributed by atoms with Crippen LogP contribution in [0.2, 0.25) is 0 Å². The number of hydrogen-bond donors (Lipinski definition) is 3. The molecule has 0 heterocycles. The lowest BCUT2D eigenvalue weighted by atomic mass is 10.1. The molecule has 0 aliphatic rings. The zero-order valence-electron chi connectivity index (χ0n) is 11.6. The summed E-state index contributed by atoms with van der Waals surface area (Å²) in [7, 11) is -4.08. The van der Waals surface area contributed by atoms with Crippen LogP contribution in [-0.4, -0.2) is 32.8 Å². The molecule has 8 heteroatoms. The Kier molecular flexibility index (Phi) is 6.02. The Labute approximate surface area is 123 Å². The average Bonchev–Trinajstić information content (AvgIpc) is 2.34. The first-order valence-electron chi connectivity index (χ1n) is 6.05. The van der Waals surface area contributed by atoms with E-state index < -0.39 is 16.3 Å². The minimum Gasteiger partial charge on any atom is -0.449 e. The number of carbonyl (C=O) groups is 1. The van der Waals surface area contributed by atoms with Gasteiger partial charge in [0.1, 0.15) is 6.61 Å². The fourth-order valence-corrected chi connectivity index (χ4v) is 2.26. The minimum absolute atomic E-state index is 0.0622. The molecule has 0 atom stereocenters. The molecule has 21 heavy (non-hydrogen) atoms. The highest BCUT2D eigenvalue weighted by Crippen LogP contribution is 2.15. The monoisotopic (exact) mass is 312 g/mol. The van der Waals surface area contributed by atoms with E-state index in [1.54, 1.807) is 30.7 Å². The molecule has 1 aromatic rings. The zero-order chi connectivity index (χ0) is 15.9. The Morgan fingerprint density at radius 1 is 1.38 bits per heavy atom. The molecule has 1 amide bonds. The lowest BCUT2D eigenvalue weighted by molar-refractivity contribution is 0.159. The summed E-state index contributed by atoms with van der Waals surface area (Å²) in [5, 5.41) is 8.66. The number of aliphatic hydroxyl groups is 1. The molecular formula is C13H16N2O5S. The van der Waals surface area contributed by atoms with Gasteiger partial charge in [0, 0.05) is 5.56 Å². The van der Waals surface area contributed by atoms with Crippen molar-refractivity contribution in [1.82, 2.24) is 4.72 Å². The Balaban J connectivity index is 2.91. The second-order valence-corrected chi connectivity index (χ2v) is 5.39. The molecule has 1 rings (SSSR count). The summed E-state index contributed by atoms with van der Waals surface area (Å²) in [6.45, 7) is 3.10. The summed E-state index contributed by atoms with van der Waals surface area (Å²) in [4.78, 5) is 11.1. The number of carbonyl (C=O) groups excluding carboxylic acids is 1. The van der Waals surface area contributed by atoms with Crippen LogP contribution in [0.1, 0.15) is 18.1 Å². The SMILES string of the molecule is CCOC(=O)NS(=O)(=O)Nc1cc(C)cc(C#CCO)c1. The summed E-state index contributed by atoms with van der Waals surface area (Å²) in [6.07, 6.45) is -1.06. The van der Waals surface area contributed by atoms with Crippen LogP contribution in [0.15, 0.2) is 18.2 Å². The molecule has 0 aliphatic heterocycles. The molecule has 0 radical (unpaired) electrons. The molecule has 1 aromatic carbocycles.